The molecule has 0 spiro atoms. The summed E-state index contributed by atoms with van der Waals surface area (Å²) >= 11 is 4.89. The lowest BCUT2D eigenvalue weighted by Crippen LogP contribution is -2.54. The van der Waals surface area contributed by atoms with Crippen molar-refractivity contribution in [3.05, 3.63) is 35.4 Å². The number of hydrogen-bond acceptors (Lipinski definition) is 4. The molecule has 1 radical (unpaired) electrons. The normalized spacial score (nSPS) is 19.6. The van der Waals surface area contributed by atoms with Gasteiger partial charge in [-0.15, -0.1) is 0 Å². The summed E-state index contributed by atoms with van der Waals surface area (Å²) < 4.78 is 5.33. The number of benzene rings is 1. The Morgan fingerprint density at radius 3 is 2.53 bits per heavy atom. The van der Waals surface area contributed by atoms with Crippen LogP contribution in [0.25, 0.3) is 0 Å². The maximum Gasteiger partial charge on any atom is 0.220 e. The number of thiocarbonyl (C=S) groups is 1. The van der Waals surface area contributed by atoms with Gasteiger partial charge >= 0.3 is 0 Å². The van der Waals surface area contributed by atoms with E-state index in [1.54, 1.807) is 5.37 Å². The average molecular weight is 276 g/mol. The van der Waals surface area contributed by atoms with Gasteiger partial charge < -0.3 is 4.74 Å². The number of carbonyl (C=O) groups excluding carboxylic acids is 1. The van der Waals surface area contributed by atoms with Crippen molar-refractivity contribution in [3.63, 3.8) is 0 Å². The molecule has 1 fully saturated rings. The van der Waals surface area contributed by atoms with Gasteiger partial charge in [-0.3, -0.25) is 9.69 Å². The summed E-state index contributed by atoms with van der Waals surface area (Å²) in [6.45, 7) is 4.87. The van der Waals surface area contributed by atoms with Crippen molar-refractivity contribution >= 4 is 23.9 Å². The Kier molecular flexibility index (Phi) is 4.80. The van der Waals surface area contributed by atoms with E-state index in [4.69, 9.17) is 17.0 Å². The van der Waals surface area contributed by atoms with Crippen molar-refractivity contribution in [2.45, 2.75) is 18.9 Å². The van der Waals surface area contributed by atoms with Gasteiger partial charge in [0.05, 0.1) is 18.8 Å². The van der Waals surface area contributed by atoms with Gasteiger partial charge in [-0.25, -0.2) is 0 Å². The smallest absolute Gasteiger partial charge is 0.220 e. The second kappa shape index (κ2) is 6.37. The van der Waals surface area contributed by atoms with Crippen LogP contribution in [0.15, 0.2) is 24.3 Å². The maximum atomic E-state index is 11.4. The number of ether oxygens (including phenoxy) is 1. The van der Waals surface area contributed by atoms with Gasteiger partial charge in [0, 0.05) is 18.5 Å². The maximum absolute atomic E-state index is 11.4. The first-order valence-corrected chi connectivity index (χ1v) is 6.91. The molecule has 1 aliphatic heterocycles. The van der Waals surface area contributed by atoms with Gasteiger partial charge in [0.15, 0.2) is 0 Å². The zero-order chi connectivity index (χ0) is 13.7. The van der Waals surface area contributed by atoms with Crippen molar-refractivity contribution in [3.8, 4) is 0 Å². The molecule has 0 aliphatic carbocycles. The molecule has 1 unspecified atom stereocenters. The minimum absolute atomic E-state index is 0.580. The third-order valence-electron chi connectivity index (χ3n) is 3.59. The summed E-state index contributed by atoms with van der Waals surface area (Å²) in [5, 5.41) is 1.65. The average Bonchev–Trinajstić information content (AvgIpc) is 2.49. The standard InChI is InChI=1S/C15H18NO2S/c1-15(12-17,16-6-8-18-9-7-16)10-13-2-4-14(11-19)5-3-13/h2-5,11H,6-10H2,1H3. The Hall–Kier alpha value is -1.10. The van der Waals surface area contributed by atoms with Crippen LogP contribution in [0.3, 0.4) is 0 Å². The van der Waals surface area contributed by atoms with E-state index in [9.17, 15) is 4.79 Å². The quantitative estimate of drug-likeness (QED) is 0.767. The zero-order valence-electron chi connectivity index (χ0n) is 11.1. The molecule has 0 bridgehead atoms. The molecule has 0 N–H and O–H groups in total. The molecule has 1 heterocycles. The van der Waals surface area contributed by atoms with Gasteiger partial charge in [-0.2, -0.15) is 0 Å². The van der Waals surface area contributed by atoms with Crippen molar-refractivity contribution in [1.82, 2.24) is 4.90 Å². The summed E-state index contributed by atoms with van der Waals surface area (Å²) in [5.41, 5.74) is 1.56. The highest BCUT2D eigenvalue weighted by molar-refractivity contribution is 7.79. The molecule has 101 valence electrons. The summed E-state index contributed by atoms with van der Waals surface area (Å²) in [5.74, 6) is 0. The minimum Gasteiger partial charge on any atom is -0.379 e. The van der Waals surface area contributed by atoms with Gasteiger partial charge in [-0.1, -0.05) is 36.5 Å². The molecule has 1 atom stereocenters. The third-order valence-corrected chi connectivity index (χ3v) is 3.87. The predicted octanol–water partition coefficient (Wildman–Crippen LogP) is 1.78. The van der Waals surface area contributed by atoms with E-state index in [1.807, 2.05) is 31.2 Å². The second-order valence-corrected chi connectivity index (χ2v) is 5.25. The van der Waals surface area contributed by atoms with Crippen molar-refractivity contribution in [2.24, 2.45) is 0 Å². The molecule has 1 aliphatic rings. The first-order chi connectivity index (χ1) is 9.18. The molecular formula is C15H18NO2S. The second-order valence-electron chi connectivity index (χ2n) is 5.01. The lowest BCUT2D eigenvalue weighted by molar-refractivity contribution is 0.00485. The van der Waals surface area contributed by atoms with Crippen LogP contribution in [-0.2, 0) is 16.0 Å². The fourth-order valence-electron chi connectivity index (χ4n) is 2.38. The highest BCUT2D eigenvalue weighted by Crippen LogP contribution is 2.20. The SMILES string of the molecule is CC([C]=O)(Cc1ccc(C=S)cc1)N1CCOCC1. The van der Waals surface area contributed by atoms with Crippen molar-refractivity contribution in [2.75, 3.05) is 26.3 Å². The Labute approximate surface area is 119 Å². The Morgan fingerprint density at radius 2 is 2.00 bits per heavy atom. The Morgan fingerprint density at radius 1 is 1.37 bits per heavy atom. The van der Waals surface area contributed by atoms with Gasteiger partial charge in [0.2, 0.25) is 6.29 Å². The number of nitrogens with zero attached hydrogens (tertiary/aromatic N) is 1. The minimum atomic E-state index is -0.580. The molecule has 4 heteroatoms. The van der Waals surface area contributed by atoms with E-state index in [-0.39, 0.29) is 0 Å². The van der Waals surface area contributed by atoms with E-state index in [0.29, 0.717) is 19.6 Å². The number of rotatable bonds is 5. The largest absolute Gasteiger partial charge is 0.379 e. The van der Waals surface area contributed by atoms with E-state index >= 15 is 0 Å². The van der Waals surface area contributed by atoms with Crippen LogP contribution < -0.4 is 0 Å². The van der Waals surface area contributed by atoms with Crippen LogP contribution in [0.2, 0.25) is 0 Å². The molecule has 0 amide bonds. The highest BCUT2D eigenvalue weighted by Gasteiger charge is 2.33. The fraction of sp³-hybridized carbons (Fsp3) is 0.467. The van der Waals surface area contributed by atoms with Crippen LogP contribution in [0, 0.1) is 0 Å². The molecule has 0 aromatic heterocycles. The zero-order valence-corrected chi connectivity index (χ0v) is 11.9. The molecule has 19 heavy (non-hydrogen) atoms. The lowest BCUT2D eigenvalue weighted by Gasteiger charge is -2.39. The summed E-state index contributed by atoms with van der Waals surface area (Å²) in [7, 11) is 0. The summed E-state index contributed by atoms with van der Waals surface area (Å²) in [4.78, 5) is 13.6. The van der Waals surface area contributed by atoms with Gasteiger partial charge in [0.1, 0.15) is 0 Å². The summed E-state index contributed by atoms with van der Waals surface area (Å²) in [6, 6.07) is 8.00. The molecule has 1 saturated heterocycles. The Balaban J connectivity index is 2.11. The number of hydrogen-bond donors (Lipinski definition) is 0. The first kappa shape index (κ1) is 14.3. The van der Waals surface area contributed by atoms with Crippen molar-refractivity contribution < 1.29 is 9.53 Å². The monoisotopic (exact) mass is 276 g/mol. The van der Waals surface area contributed by atoms with Crippen LogP contribution >= 0.6 is 12.2 Å². The molecule has 1 aromatic carbocycles. The number of morpholine rings is 1. The molecular weight excluding hydrogens is 258 g/mol. The van der Waals surface area contributed by atoms with Gasteiger partial charge in [-0.05, 0) is 24.5 Å². The highest BCUT2D eigenvalue weighted by atomic mass is 32.1. The Bertz CT molecular complexity index is 440. The van der Waals surface area contributed by atoms with Crippen LogP contribution in [-0.4, -0.2) is 48.4 Å². The molecule has 1 aromatic rings. The van der Waals surface area contributed by atoms with Gasteiger partial charge in [0.25, 0.3) is 0 Å². The molecule has 3 nitrogen and oxygen atoms in total. The van der Waals surface area contributed by atoms with E-state index in [2.05, 4.69) is 11.2 Å². The van der Waals surface area contributed by atoms with Crippen LogP contribution in [0.4, 0.5) is 0 Å². The van der Waals surface area contributed by atoms with Crippen molar-refractivity contribution in [1.29, 1.82) is 0 Å². The first-order valence-electron chi connectivity index (χ1n) is 6.44. The van der Waals surface area contributed by atoms with E-state index < -0.39 is 5.54 Å². The lowest BCUT2D eigenvalue weighted by atomic mass is 9.91. The third kappa shape index (κ3) is 3.47. The summed E-state index contributed by atoms with van der Waals surface area (Å²) in [6.07, 6.45) is 2.88. The topological polar surface area (TPSA) is 29.5 Å². The van der Waals surface area contributed by atoms with E-state index in [0.717, 1.165) is 24.2 Å². The molecule has 2 rings (SSSR count). The molecule has 0 saturated carbocycles. The fourth-order valence-corrected chi connectivity index (χ4v) is 2.54. The van der Waals surface area contributed by atoms with Crippen LogP contribution in [0.5, 0.6) is 0 Å². The van der Waals surface area contributed by atoms with E-state index in [1.165, 1.54) is 0 Å². The predicted molar refractivity (Wildman–Crippen MR) is 79.4 cm³/mol. The van der Waals surface area contributed by atoms with Crippen LogP contribution in [0.1, 0.15) is 18.1 Å².